The number of nitrogens with one attached hydrogen (secondary N) is 2. The maximum Gasteiger partial charge on any atom is 0.279 e. The third-order valence-electron chi connectivity index (χ3n) is 3.74. The van der Waals surface area contributed by atoms with Gasteiger partial charge in [0.2, 0.25) is 0 Å². The van der Waals surface area contributed by atoms with E-state index in [0.717, 1.165) is 32.4 Å². The van der Waals surface area contributed by atoms with Gasteiger partial charge in [0, 0.05) is 30.4 Å². The molecule has 1 rings (SSSR count). The first-order chi connectivity index (χ1) is 9.32. The lowest BCUT2D eigenvalue weighted by Gasteiger charge is -2.35. The van der Waals surface area contributed by atoms with Crippen LogP contribution in [0.2, 0.25) is 0 Å². The summed E-state index contributed by atoms with van der Waals surface area (Å²) in [5.74, 6) is 0. The van der Waals surface area contributed by atoms with E-state index in [2.05, 4.69) is 10.0 Å². The fraction of sp³-hybridized carbons (Fsp3) is 1.00. The van der Waals surface area contributed by atoms with Crippen LogP contribution >= 0.6 is 11.8 Å². The van der Waals surface area contributed by atoms with E-state index in [1.165, 1.54) is 0 Å². The molecular weight excluding hydrogens is 294 g/mol. The SMILES string of the molecule is CCNCC1CCCCN1S(=O)(=O)NCC(C)(C)SC. The van der Waals surface area contributed by atoms with Crippen molar-refractivity contribution in [1.29, 1.82) is 0 Å². The maximum atomic E-state index is 12.5. The molecular formula is C13H29N3O2S2. The monoisotopic (exact) mass is 323 g/mol. The van der Waals surface area contributed by atoms with E-state index in [1.54, 1.807) is 16.1 Å². The largest absolute Gasteiger partial charge is 0.315 e. The molecule has 0 bridgehead atoms. The zero-order valence-corrected chi connectivity index (χ0v) is 14.7. The average Bonchev–Trinajstić information content (AvgIpc) is 2.43. The third-order valence-corrected chi connectivity index (χ3v) is 6.60. The zero-order valence-electron chi connectivity index (χ0n) is 13.1. The van der Waals surface area contributed by atoms with E-state index < -0.39 is 10.2 Å². The molecule has 0 aromatic heterocycles. The summed E-state index contributed by atoms with van der Waals surface area (Å²) >= 11 is 1.67. The van der Waals surface area contributed by atoms with Gasteiger partial charge in [-0.25, -0.2) is 4.72 Å². The highest BCUT2D eigenvalue weighted by molar-refractivity contribution is 8.00. The molecule has 5 nitrogen and oxygen atoms in total. The fourth-order valence-electron chi connectivity index (χ4n) is 2.23. The topological polar surface area (TPSA) is 61.4 Å². The van der Waals surface area contributed by atoms with Crippen molar-refractivity contribution in [1.82, 2.24) is 14.3 Å². The zero-order chi connectivity index (χ0) is 15.2. The Hall–Kier alpha value is 0.180. The second-order valence-electron chi connectivity index (χ2n) is 5.86. The normalized spacial score (nSPS) is 22.1. The summed E-state index contributed by atoms with van der Waals surface area (Å²) in [5.41, 5.74) is 0. The van der Waals surface area contributed by atoms with E-state index in [4.69, 9.17) is 0 Å². The Labute approximate surface area is 128 Å². The van der Waals surface area contributed by atoms with Crippen molar-refractivity contribution in [2.24, 2.45) is 0 Å². The number of likely N-dealkylation sites (N-methyl/N-ethyl adjacent to an activating group) is 1. The maximum absolute atomic E-state index is 12.5. The Bertz CT molecular complexity index is 385. The summed E-state index contributed by atoms with van der Waals surface area (Å²) in [5, 5.41) is 3.27. The standard InChI is InChI=1S/C13H29N3O2S2/c1-5-14-10-12-8-6-7-9-16(12)20(17,18)15-11-13(2,3)19-4/h12,14-15H,5-11H2,1-4H3. The van der Waals surface area contributed by atoms with Gasteiger partial charge in [-0.1, -0.05) is 13.3 Å². The summed E-state index contributed by atoms with van der Waals surface area (Å²) < 4.78 is 29.3. The van der Waals surface area contributed by atoms with Gasteiger partial charge in [-0.15, -0.1) is 0 Å². The van der Waals surface area contributed by atoms with Crippen LogP contribution < -0.4 is 10.0 Å². The minimum absolute atomic E-state index is 0.0820. The van der Waals surface area contributed by atoms with Gasteiger partial charge in [0.1, 0.15) is 0 Å². The predicted octanol–water partition coefficient (Wildman–Crippen LogP) is 1.43. The summed E-state index contributed by atoms with van der Waals surface area (Å²) in [6.07, 6.45) is 5.01. The molecule has 120 valence electrons. The number of rotatable bonds is 8. The second-order valence-corrected chi connectivity index (χ2v) is 9.08. The summed E-state index contributed by atoms with van der Waals surface area (Å²) in [6.45, 7) is 8.84. The first-order valence-electron chi connectivity index (χ1n) is 7.34. The molecule has 0 aliphatic carbocycles. The number of piperidine rings is 1. The van der Waals surface area contributed by atoms with Crippen molar-refractivity contribution < 1.29 is 8.42 Å². The van der Waals surface area contributed by atoms with Crippen LogP contribution in [-0.4, -0.2) is 55.9 Å². The lowest BCUT2D eigenvalue weighted by molar-refractivity contribution is 0.243. The van der Waals surface area contributed by atoms with Crippen LogP contribution in [0.25, 0.3) is 0 Å². The average molecular weight is 324 g/mol. The molecule has 0 spiro atoms. The molecule has 0 aromatic carbocycles. The highest BCUT2D eigenvalue weighted by Crippen LogP contribution is 2.22. The quantitative estimate of drug-likeness (QED) is 0.709. The van der Waals surface area contributed by atoms with Crippen LogP contribution in [0.4, 0.5) is 0 Å². The van der Waals surface area contributed by atoms with Gasteiger partial charge < -0.3 is 5.32 Å². The van der Waals surface area contributed by atoms with Crippen LogP contribution in [0.3, 0.4) is 0 Å². The molecule has 0 aromatic rings. The Balaban J connectivity index is 2.67. The Morgan fingerprint density at radius 1 is 1.35 bits per heavy atom. The van der Waals surface area contributed by atoms with Gasteiger partial charge in [0.25, 0.3) is 10.2 Å². The lowest BCUT2D eigenvalue weighted by Crippen LogP contribution is -2.53. The van der Waals surface area contributed by atoms with Crippen LogP contribution in [0.15, 0.2) is 0 Å². The number of nitrogens with zero attached hydrogens (tertiary/aromatic N) is 1. The van der Waals surface area contributed by atoms with Gasteiger partial charge in [0.05, 0.1) is 0 Å². The van der Waals surface area contributed by atoms with Gasteiger partial charge in [-0.3, -0.25) is 0 Å². The van der Waals surface area contributed by atoms with Gasteiger partial charge in [-0.05, 0) is 39.5 Å². The summed E-state index contributed by atoms with van der Waals surface area (Å²) in [4.78, 5) is 0. The molecule has 0 saturated carbocycles. The molecule has 1 heterocycles. The second kappa shape index (κ2) is 7.98. The van der Waals surface area contributed by atoms with E-state index in [0.29, 0.717) is 13.1 Å². The molecule has 1 aliphatic heterocycles. The minimum atomic E-state index is -3.38. The molecule has 20 heavy (non-hydrogen) atoms. The predicted molar refractivity (Wildman–Crippen MR) is 87.4 cm³/mol. The van der Waals surface area contributed by atoms with E-state index in [1.807, 2.05) is 27.0 Å². The smallest absolute Gasteiger partial charge is 0.279 e. The Kier molecular flexibility index (Phi) is 7.28. The van der Waals surface area contributed by atoms with Crippen LogP contribution in [-0.2, 0) is 10.2 Å². The molecule has 1 aliphatic rings. The van der Waals surface area contributed by atoms with E-state index in [-0.39, 0.29) is 10.8 Å². The highest BCUT2D eigenvalue weighted by Gasteiger charge is 2.32. The molecule has 1 saturated heterocycles. The molecule has 7 heteroatoms. The summed E-state index contributed by atoms with van der Waals surface area (Å²) in [6, 6.07) is 0.0820. The highest BCUT2D eigenvalue weighted by atomic mass is 32.2. The van der Waals surface area contributed by atoms with Crippen molar-refractivity contribution in [3.05, 3.63) is 0 Å². The van der Waals surface area contributed by atoms with Gasteiger partial charge >= 0.3 is 0 Å². The minimum Gasteiger partial charge on any atom is -0.315 e. The lowest BCUT2D eigenvalue weighted by atomic mass is 10.1. The first-order valence-corrected chi connectivity index (χ1v) is 10.0. The van der Waals surface area contributed by atoms with E-state index >= 15 is 0 Å². The summed E-state index contributed by atoms with van der Waals surface area (Å²) in [7, 11) is -3.38. The number of hydrogen-bond donors (Lipinski definition) is 2. The Morgan fingerprint density at radius 3 is 2.65 bits per heavy atom. The molecule has 0 amide bonds. The van der Waals surface area contributed by atoms with Crippen molar-refractivity contribution in [3.8, 4) is 0 Å². The van der Waals surface area contributed by atoms with Gasteiger partial charge in [0.15, 0.2) is 0 Å². The van der Waals surface area contributed by atoms with Gasteiger partial charge in [-0.2, -0.15) is 24.5 Å². The van der Waals surface area contributed by atoms with Crippen molar-refractivity contribution in [3.63, 3.8) is 0 Å². The molecule has 1 unspecified atom stereocenters. The van der Waals surface area contributed by atoms with Crippen LogP contribution in [0.1, 0.15) is 40.0 Å². The van der Waals surface area contributed by atoms with Crippen molar-refractivity contribution in [2.75, 3.05) is 32.4 Å². The van der Waals surface area contributed by atoms with Crippen molar-refractivity contribution >= 4 is 22.0 Å². The number of thioether (sulfide) groups is 1. The fourth-order valence-corrected chi connectivity index (χ4v) is 4.18. The van der Waals surface area contributed by atoms with E-state index in [9.17, 15) is 8.42 Å². The molecule has 2 N–H and O–H groups in total. The third kappa shape index (κ3) is 5.52. The van der Waals surface area contributed by atoms with Crippen LogP contribution in [0, 0.1) is 0 Å². The first kappa shape index (κ1) is 18.2. The van der Waals surface area contributed by atoms with Crippen molar-refractivity contribution in [2.45, 2.75) is 50.8 Å². The molecule has 0 radical (unpaired) electrons. The van der Waals surface area contributed by atoms with Crippen LogP contribution in [0.5, 0.6) is 0 Å². The molecule has 1 fully saturated rings. The molecule has 1 atom stereocenters. The number of hydrogen-bond acceptors (Lipinski definition) is 4. The Morgan fingerprint density at radius 2 is 2.05 bits per heavy atom.